The van der Waals surface area contributed by atoms with E-state index < -0.39 is 37.1 Å². The van der Waals surface area contributed by atoms with Crippen LogP contribution in [0.15, 0.2) is 0 Å². The summed E-state index contributed by atoms with van der Waals surface area (Å²) in [5.41, 5.74) is 0. The van der Waals surface area contributed by atoms with Crippen LogP contribution in [0.3, 0.4) is 0 Å². The van der Waals surface area contributed by atoms with E-state index in [1.54, 1.807) is 6.26 Å². The van der Waals surface area contributed by atoms with Crippen molar-refractivity contribution in [1.82, 2.24) is 4.72 Å². The Morgan fingerprint density at radius 2 is 1.95 bits per heavy atom. The molecule has 0 saturated carbocycles. The van der Waals surface area contributed by atoms with Gasteiger partial charge in [0, 0.05) is 0 Å². The van der Waals surface area contributed by atoms with Crippen LogP contribution < -0.4 is 4.72 Å². The number of nitrogens with one attached hydrogen (secondary N) is 1. The maximum atomic E-state index is 12.1. The SMILES string of the molecule is CSCC[C@H](NS(=O)(=O)C1CCS(=O)(=O)CC1)C(=O)O. The molecule has 1 aliphatic heterocycles. The highest BCUT2D eigenvalue weighted by molar-refractivity contribution is 7.98. The van der Waals surface area contributed by atoms with Crippen LogP contribution in [-0.4, -0.2) is 62.7 Å². The molecular weight excluding hydrogens is 326 g/mol. The van der Waals surface area contributed by atoms with Crippen LogP contribution in [0.4, 0.5) is 0 Å². The van der Waals surface area contributed by atoms with Crippen LogP contribution in [0.1, 0.15) is 19.3 Å². The van der Waals surface area contributed by atoms with Crippen molar-refractivity contribution in [1.29, 1.82) is 0 Å². The zero-order valence-corrected chi connectivity index (χ0v) is 13.6. The number of sulfone groups is 1. The van der Waals surface area contributed by atoms with Crippen LogP contribution in [0.25, 0.3) is 0 Å². The predicted molar refractivity (Wildman–Crippen MR) is 78.2 cm³/mol. The number of carboxylic acids is 1. The summed E-state index contributed by atoms with van der Waals surface area (Å²) in [5, 5.41) is 8.18. The Kier molecular flexibility index (Phi) is 6.29. The monoisotopic (exact) mass is 345 g/mol. The Hall–Kier alpha value is -0.320. The van der Waals surface area contributed by atoms with Gasteiger partial charge in [-0.05, 0) is 31.3 Å². The Labute approximate surface area is 123 Å². The third-order valence-electron chi connectivity index (χ3n) is 3.16. The molecule has 0 bridgehead atoms. The van der Waals surface area contributed by atoms with Gasteiger partial charge in [-0.1, -0.05) is 0 Å². The van der Waals surface area contributed by atoms with E-state index in [2.05, 4.69) is 4.72 Å². The summed E-state index contributed by atoms with van der Waals surface area (Å²) in [5.74, 6) is -1.02. The van der Waals surface area contributed by atoms with Crippen molar-refractivity contribution in [2.24, 2.45) is 0 Å². The normalized spacial score (nSPS) is 21.4. The van der Waals surface area contributed by atoms with Crippen LogP contribution in [0.5, 0.6) is 0 Å². The number of carboxylic acid groups (broad SMARTS) is 1. The Balaban J connectivity index is 2.70. The Bertz CT molecular complexity index is 527. The molecule has 0 spiro atoms. The number of thioether (sulfide) groups is 1. The fourth-order valence-electron chi connectivity index (χ4n) is 1.94. The number of aliphatic carboxylic acids is 1. The summed E-state index contributed by atoms with van der Waals surface area (Å²) < 4.78 is 49.0. The lowest BCUT2D eigenvalue weighted by Gasteiger charge is -2.24. The number of rotatable bonds is 7. The molecule has 1 atom stereocenters. The molecule has 0 aromatic carbocycles. The van der Waals surface area contributed by atoms with E-state index in [9.17, 15) is 21.6 Å². The van der Waals surface area contributed by atoms with E-state index >= 15 is 0 Å². The molecule has 0 aliphatic carbocycles. The van der Waals surface area contributed by atoms with Crippen LogP contribution in [-0.2, 0) is 24.7 Å². The van der Waals surface area contributed by atoms with Gasteiger partial charge in [0.2, 0.25) is 10.0 Å². The van der Waals surface area contributed by atoms with Crippen molar-refractivity contribution < 1.29 is 26.7 Å². The Morgan fingerprint density at radius 3 is 2.40 bits per heavy atom. The van der Waals surface area contributed by atoms with E-state index in [0.29, 0.717) is 5.75 Å². The molecule has 0 unspecified atom stereocenters. The van der Waals surface area contributed by atoms with Gasteiger partial charge in [0.15, 0.2) is 0 Å². The van der Waals surface area contributed by atoms with Gasteiger partial charge in [0.05, 0.1) is 16.8 Å². The first-order chi connectivity index (χ1) is 9.18. The van der Waals surface area contributed by atoms with Crippen molar-refractivity contribution in [2.45, 2.75) is 30.6 Å². The zero-order valence-electron chi connectivity index (χ0n) is 11.1. The number of hydrogen-bond donors (Lipinski definition) is 2. The van der Waals surface area contributed by atoms with E-state index in [-0.39, 0.29) is 30.8 Å². The summed E-state index contributed by atoms with van der Waals surface area (Å²) in [7, 11) is -6.96. The van der Waals surface area contributed by atoms with Crippen molar-refractivity contribution in [3.8, 4) is 0 Å². The minimum absolute atomic E-state index is 0.0204. The topological polar surface area (TPSA) is 118 Å². The summed E-state index contributed by atoms with van der Waals surface area (Å²) >= 11 is 1.43. The van der Waals surface area contributed by atoms with Crippen molar-refractivity contribution in [2.75, 3.05) is 23.5 Å². The van der Waals surface area contributed by atoms with Gasteiger partial charge in [-0.3, -0.25) is 4.79 Å². The lowest BCUT2D eigenvalue weighted by atomic mass is 10.2. The highest BCUT2D eigenvalue weighted by Crippen LogP contribution is 2.19. The van der Waals surface area contributed by atoms with Crippen molar-refractivity contribution in [3.05, 3.63) is 0 Å². The quantitative estimate of drug-likeness (QED) is 0.650. The maximum absolute atomic E-state index is 12.1. The van der Waals surface area contributed by atoms with Crippen LogP contribution in [0.2, 0.25) is 0 Å². The largest absolute Gasteiger partial charge is 0.480 e. The molecule has 7 nitrogen and oxygen atoms in total. The summed E-state index contributed by atoms with van der Waals surface area (Å²) in [6.07, 6.45) is 2.04. The summed E-state index contributed by atoms with van der Waals surface area (Å²) in [4.78, 5) is 11.0. The molecule has 1 rings (SSSR count). The first kappa shape index (κ1) is 17.7. The smallest absolute Gasteiger partial charge is 0.321 e. The van der Waals surface area contributed by atoms with Gasteiger partial charge in [0.1, 0.15) is 15.9 Å². The molecule has 1 heterocycles. The predicted octanol–water partition coefficient (Wildman–Crippen LogP) is -0.311. The molecule has 20 heavy (non-hydrogen) atoms. The van der Waals surface area contributed by atoms with Gasteiger partial charge in [-0.2, -0.15) is 11.8 Å². The molecule has 1 aliphatic rings. The molecule has 10 heteroatoms. The molecule has 1 fully saturated rings. The summed E-state index contributed by atoms with van der Waals surface area (Å²) in [6, 6.07) is -1.16. The fraction of sp³-hybridized carbons (Fsp3) is 0.900. The fourth-order valence-corrected chi connectivity index (χ4v) is 5.87. The highest BCUT2D eigenvalue weighted by Gasteiger charge is 2.35. The molecule has 2 N–H and O–H groups in total. The van der Waals surface area contributed by atoms with Gasteiger partial charge < -0.3 is 5.11 Å². The molecule has 0 aromatic rings. The van der Waals surface area contributed by atoms with E-state index in [0.717, 1.165) is 0 Å². The second-order valence-electron chi connectivity index (χ2n) is 4.69. The van der Waals surface area contributed by atoms with Gasteiger partial charge in [-0.25, -0.2) is 21.6 Å². The van der Waals surface area contributed by atoms with Crippen LogP contribution >= 0.6 is 11.8 Å². The molecule has 0 amide bonds. The number of carbonyl (C=O) groups is 1. The minimum atomic E-state index is -3.81. The molecule has 0 aromatic heterocycles. The maximum Gasteiger partial charge on any atom is 0.321 e. The molecular formula is C10H19NO6S3. The third-order valence-corrected chi connectivity index (χ3v) is 7.48. The molecule has 0 radical (unpaired) electrons. The van der Waals surface area contributed by atoms with E-state index in [4.69, 9.17) is 5.11 Å². The van der Waals surface area contributed by atoms with Crippen molar-refractivity contribution >= 4 is 37.6 Å². The number of sulfonamides is 1. The highest BCUT2D eigenvalue weighted by atomic mass is 32.2. The molecule has 118 valence electrons. The summed E-state index contributed by atoms with van der Waals surface area (Å²) in [6.45, 7) is 0. The van der Waals surface area contributed by atoms with E-state index in [1.165, 1.54) is 11.8 Å². The Morgan fingerprint density at radius 1 is 1.40 bits per heavy atom. The second kappa shape index (κ2) is 7.10. The lowest BCUT2D eigenvalue weighted by molar-refractivity contribution is -0.139. The standard InChI is InChI=1S/C10H19NO6S3/c1-18-5-2-9(10(12)13)11-20(16,17)8-3-6-19(14,15)7-4-8/h8-9,11H,2-7H2,1H3,(H,12,13)/t9-/m0/s1. The first-order valence-corrected chi connectivity index (χ1v) is 10.9. The van der Waals surface area contributed by atoms with Crippen LogP contribution in [0, 0.1) is 0 Å². The second-order valence-corrected chi connectivity index (χ2v) is 9.97. The third kappa shape index (κ3) is 5.23. The van der Waals surface area contributed by atoms with Gasteiger partial charge in [-0.15, -0.1) is 0 Å². The lowest BCUT2D eigenvalue weighted by Crippen LogP contribution is -2.47. The minimum Gasteiger partial charge on any atom is -0.480 e. The first-order valence-electron chi connectivity index (χ1n) is 6.11. The van der Waals surface area contributed by atoms with Crippen molar-refractivity contribution in [3.63, 3.8) is 0 Å². The zero-order chi connectivity index (χ0) is 15.4. The number of hydrogen-bond acceptors (Lipinski definition) is 6. The molecule has 1 saturated heterocycles. The average Bonchev–Trinajstić information content (AvgIpc) is 2.33. The van der Waals surface area contributed by atoms with Gasteiger partial charge >= 0.3 is 5.97 Å². The van der Waals surface area contributed by atoms with E-state index in [1.807, 2.05) is 0 Å². The van der Waals surface area contributed by atoms with Gasteiger partial charge in [0.25, 0.3) is 0 Å². The average molecular weight is 345 g/mol.